The Morgan fingerprint density at radius 1 is 1.20 bits per heavy atom. The molecule has 0 aliphatic carbocycles. The molecule has 20 heavy (non-hydrogen) atoms. The summed E-state index contributed by atoms with van der Waals surface area (Å²) in [6.07, 6.45) is 0. The van der Waals surface area contributed by atoms with Crippen molar-refractivity contribution in [1.82, 2.24) is 5.32 Å². The number of halogens is 2. The van der Waals surface area contributed by atoms with Crippen LogP contribution in [0.15, 0.2) is 34.5 Å². The molecule has 0 atom stereocenters. The molecule has 0 saturated carbocycles. The Morgan fingerprint density at radius 2 is 1.85 bits per heavy atom. The first kappa shape index (κ1) is 15.6. The normalized spacial score (nSPS) is 11.6. The topological polar surface area (TPSA) is 58.2 Å². The lowest BCUT2D eigenvalue weighted by Gasteiger charge is -2.09. The molecule has 0 radical (unpaired) electrons. The van der Waals surface area contributed by atoms with Gasteiger partial charge < -0.3 is 5.32 Å². The number of rotatable bonds is 5. The van der Waals surface area contributed by atoms with E-state index in [2.05, 4.69) is 10.0 Å². The third kappa shape index (κ3) is 3.65. The fourth-order valence-electron chi connectivity index (χ4n) is 1.68. The number of sulfonamides is 1. The second kappa shape index (κ2) is 6.32. The van der Waals surface area contributed by atoms with Crippen molar-refractivity contribution in [3.63, 3.8) is 0 Å². The fraction of sp³-hybridized carbons (Fsp3) is 0.167. The van der Waals surface area contributed by atoms with Gasteiger partial charge in [-0.3, -0.25) is 4.72 Å². The highest BCUT2D eigenvalue weighted by molar-refractivity contribution is 7.93. The summed E-state index contributed by atoms with van der Waals surface area (Å²) in [6, 6.07) is 6.13. The minimum Gasteiger partial charge on any atom is -0.315 e. The Balaban J connectivity index is 2.33. The van der Waals surface area contributed by atoms with Crippen LogP contribution in [0.5, 0.6) is 0 Å². The molecule has 1 aromatic carbocycles. The summed E-state index contributed by atoms with van der Waals surface area (Å²) in [5.74, 6) is 0. The number of benzene rings is 1. The molecule has 0 saturated heterocycles. The molecule has 2 aromatic rings. The number of hydrogen-bond acceptors (Lipinski definition) is 4. The number of thiophene rings is 1. The van der Waals surface area contributed by atoms with E-state index >= 15 is 0 Å². The minimum absolute atomic E-state index is 0.257. The maximum Gasteiger partial charge on any atom is 0.263 e. The van der Waals surface area contributed by atoms with Gasteiger partial charge in [0, 0.05) is 21.5 Å². The van der Waals surface area contributed by atoms with Crippen LogP contribution in [0, 0.1) is 0 Å². The predicted octanol–water partition coefficient (Wildman–Crippen LogP) is 3.58. The van der Waals surface area contributed by atoms with Gasteiger partial charge in [0.1, 0.15) is 4.90 Å². The van der Waals surface area contributed by atoms with E-state index in [0.717, 1.165) is 4.88 Å². The number of hydrogen-bond donors (Lipinski definition) is 2. The van der Waals surface area contributed by atoms with Crippen LogP contribution in [0.3, 0.4) is 0 Å². The molecular formula is C12H12Cl2N2O2S2. The van der Waals surface area contributed by atoms with Gasteiger partial charge in [0.2, 0.25) is 0 Å². The maximum atomic E-state index is 12.4. The van der Waals surface area contributed by atoms with Gasteiger partial charge in [-0.2, -0.15) is 0 Å². The van der Waals surface area contributed by atoms with E-state index in [1.165, 1.54) is 29.5 Å². The first-order chi connectivity index (χ1) is 9.42. The zero-order chi connectivity index (χ0) is 14.8. The van der Waals surface area contributed by atoms with Crippen LogP contribution in [-0.4, -0.2) is 15.5 Å². The largest absolute Gasteiger partial charge is 0.315 e. The Hall–Kier alpha value is -0.790. The van der Waals surface area contributed by atoms with Crippen molar-refractivity contribution >= 4 is 50.2 Å². The molecule has 0 bridgehead atoms. The molecular weight excluding hydrogens is 339 g/mol. The van der Waals surface area contributed by atoms with Crippen LogP contribution in [0.1, 0.15) is 4.88 Å². The standard InChI is InChI=1S/C12H12Cl2N2O2S2/c1-15-7-11-12(2-3-19-11)20(17,18)16-10-5-8(13)4-9(14)6-10/h2-6,15-16H,7H2,1H3. The Kier molecular flexibility index (Phi) is 4.93. The number of anilines is 1. The van der Waals surface area contributed by atoms with Gasteiger partial charge in [-0.15, -0.1) is 11.3 Å². The van der Waals surface area contributed by atoms with Gasteiger partial charge in [-0.25, -0.2) is 8.42 Å². The highest BCUT2D eigenvalue weighted by Crippen LogP contribution is 2.27. The average Bonchev–Trinajstić information content (AvgIpc) is 2.76. The first-order valence-corrected chi connectivity index (χ1v) is 8.74. The second-order valence-electron chi connectivity index (χ2n) is 4.00. The quantitative estimate of drug-likeness (QED) is 0.866. The molecule has 0 aliphatic heterocycles. The predicted molar refractivity (Wildman–Crippen MR) is 84.4 cm³/mol. The lowest BCUT2D eigenvalue weighted by molar-refractivity contribution is 0.600. The first-order valence-electron chi connectivity index (χ1n) is 5.62. The molecule has 108 valence electrons. The Labute approximate surface area is 131 Å². The third-order valence-electron chi connectivity index (χ3n) is 2.45. The van der Waals surface area contributed by atoms with Crippen molar-refractivity contribution in [3.05, 3.63) is 44.6 Å². The van der Waals surface area contributed by atoms with Crippen molar-refractivity contribution in [3.8, 4) is 0 Å². The van der Waals surface area contributed by atoms with Crippen LogP contribution >= 0.6 is 34.5 Å². The van der Waals surface area contributed by atoms with Crippen LogP contribution in [0.25, 0.3) is 0 Å². The summed E-state index contributed by atoms with van der Waals surface area (Å²) in [6.45, 7) is 0.490. The van der Waals surface area contributed by atoms with Gasteiger partial charge >= 0.3 is 0 Å². The summed E-state index contributed by atoms with van der Waals surface area (Å²) in [4.78, 5) is 1.00. The average molecular weight is 351 g/mol. The Morgan fingerprint density at radius 3 is 2.45 bits per heavy atom. The lowest BCUT2D eigenvalue weighted by Crippen LogP contribution is -2.15. The zero-order valence-electron chi connectivity index (χ0n) is 10.5. The molecule has 8 heteroatoms. The van der Waals surface area contributed by atoms with E-state index in [9.17, 15) is 8.42 Å². The maximum absolute atomic E-state index is 12.4. The molecule has 1 heterocycles. The summed E-state index contributed by atoms with van der Waals surface area (Å²) < 4.78 is 27.2. The smallest absolute Gasteiger partial charge is 0.263 e. The van der Waals surface area contributed by atoms with Crippen LogP contribution in [0.2, 0.25) is 10.0 Å². The zero-order valence-corrected chi connectivity index (χ0v) is 13.6. The van der Waals surface area contributed by atoms with E-state index < -0.39 is 10.0 Å². The van der Waals surface area contributed by atoms with Gasteiger partial charge in [0.25, 0.3) is 10.0 Å². The van der Waals surface area contributed by atoms with E-state index in [0.29, 0.717) is 22.3 Å². The van der Waals surface area contributed by atoms with Crippen molar-refractivity contribution in [2.45, 2.75) is 11.4 Å². The Bertz CT molecular complexity index is 694. The minimum atomic E-state index is -3.65. The molecule has 0 amide bonds. The van der Waals surface area contributed by atoms with Gasteiger partial charge in [-0.05, 0) is 36.7 Å². The summed E-state index contributed by atoms with van der Waals surface area (Å²) >= 11 is 13.1. The SMILES string of the molecule is CNCc1sccc1S(=O)(=O)Nc1cc(Cl)cc(Cl)c1. The van der Waals surface area contributed by atoms with E-state index in [1.807, 2.05) is 0 Å². The van der Waals surface area contributed by atoms with Gasteiger partial charge in [0.15, 0.2) is 0 Å². The van der Waals surface area contributed by atoms with Crippen molar-refractivity contribution in [1.29, 1.82) is 0 Å². The van der Waals surface area contributed by atoms with Crippen LogP contribution < -0.4 is 10.0 Å². The molecule has 0 aliphatic rings. The van der Waals surface area contributed by atoms with Crippen molar-refractivity contribution < 1.29 is 8.42 Å². The third-order valence-corrected chi connectivity index (χ3v) is 5.40. The van der Waals surface area contributed by atoms with Crippen LogP contribution in [-0.2, 0) is 16.6 Å². The van der Waals surface area contributed by atoms with E-state index in [1.54, 1.807) is 18.5 Å². The monoisotopic (exact) mass is 350 g/mol. The van der Waals surface area contributed by atoms with Crippen LogP contribution in [0.4, 0.5) is 5.69 Å². The summed E-state index contributed by atoms with van der Waals surface area (Å²) in [7, 11) is -1.89. The molecule has 4 nitrogen and oxygen atoms in total. The highest BCUT2D eigenvalue weighted by atomic mass is 35.5. The molecule has 0 unspecified atom stereocenters. The molecule has 0 fully saturated rings. The second-order valence-corrected chi connectivity index (χ2v) is 7.53. The fourth-order valence-corrected chi connectivity index (χ4v) is 4.70. The number of nitrogens with one attached hydrogen (secondary N) is 2. The highest BCUT2D eigenvalue weighted by Gasteiger charge is 2.19. The molecule has 0 spiro atoms. The summed E-state index contributed by atoms with van der Waals surface area (Å²) in [5.41, 5.74) is 0.337. The lowest BCUT2D eigenvalue weighted by atomic mass is 10.3. The molecule has 2 rings (SSSR count). The van der Waals surface area contributed by atoms with Gasteiger partial charge in [0.05, 0.1) is 5.69 Å². The van der Waals surface area contributed by atoms with E-state index in [4.69, 9.17) is 23.2 Å². The molecule has 1 aromatic heterocycles. The van der Waals surface area contributed by atoms with Crippen molar-refractivity contribution in [2.24, 2.45) is 0 Å². The van der Waals surface area contributed by atoms with Gasteiger partial charge in [-0.1, -0.05) is 23.2 Å². The van der Waals surface area contributed by atoms with E-state index in [-0.39, 0.29) is 4.90 Å². The molecule has 2 N–H and O–H groups in total. The summed E-state index contributed by atoms with van der Waals surface area (Å²) in [5, 5.41) is 5.43. The van der Waals surface area contributed by atoms with Crippen molar-refractivity contribution in [2.75, 3.05) is 11.8 Å².